The highest BCUT2D eigenvalue weighted by Crippen LogP contribution is 2.25. The second-order valence-electron chi connectivity index (χ2n) is 5.96. The molecule has 0 aromatic rings. The van der Waals surface area contributed by atoms with Gasteiger partial charge in [-0.25, -0.2) is 0 Å². The Morgan fingerprint density at radius 1 is 1.29 bits per heavy atom. The molecule has 1 saturated heterocycles. The summed E-state index contributed by atoms with van der Waals surface area (Å²) in [5.74, 6) is 0.834. The second kappa shape index (κ2) is 6.17. The number of likely N-dealkylation sites (tertiary alicyclic amines) is 1. The third-order valence-corrected chi connectivity index (χ3v) is 4.49. The lowest BCUT2D eigenvalue weighted by Gasteiger charge is -2.39. The van der Waals surface area contributed by atoms with Gasteiger partial charge in [-0.1, -0.05) is 6.92 Å². The Balaban J connectivity index is 1.65. The summed E-state index contributed by atoms with van der Waals surface area (Å²) in [4.78, 5) is 2.59. The molecule has 1 atom stereocenters. The van der Waals surface area contributed by atoms with Crippen LogP contribution in [0.1, 0.15) is 46.0 Å². The molecule has 100 valence electrons. The van der Waals surface area contributed by atoms with Crippen molar-refractivity contribution in [3.05, 3.63) is 0 Å². The lowest BCUT2D eigenvalue weighted by molar-refractivity contribution is 0.0511. The average Bonchev–Trinajstić information content (AvgIpc) is 2.28. The van der Waals surface area contributed by atoms with Gasteiger partial charge in [-0.2, -0.15) is 0 Å². The van der Waals surface area contributed by atoms with E-state index < -0.39 is 0 Å². The average molecular weight is 240 g/mol. The molecule has 1 saturated carbocycles. The summed E-state index contributed by atoms with van der Waals surface area (Å²) >= 11 is 0. The van der Waals surface area contributed by atoms with E-state index in [-0.39, 0.29) is 6.10 Å². The SMILES string of the molecule is CCCN1CCC(C(C)NC2CC(O)C2)CC1. The summed E-state index contributed by atoms with van der Waals surface area (Å²) in [6, 6.07) is 1.20. The third-order valence-electron chi connectivity index (χ3n) is 4.49. The number of aliphatic hydroxyl groups excluding tert-OH is 1. The molecule has 2 N–H and O–H groups in total. The van der Waals surface area contributed by atoms with Crippen molar-refractivity contribution < 1.29 is 5.11 Å². The number of aliphatic hydroxyl groups is 1. The van der Waals surface area contributed by atoms with Crippen LogP contribution in [-0.2, 0) is 0 Å². The molecule has 0 aromatic heterocycles. The molecular formula is C14H28N2O. The maximum absolute atomic E-state index is 9.29. The number of nitrogens with zero attached hydrogens (tertiary/aromatic N) is 1. The first-order valence-electron chi connectivity index (χ1n) is 7.35. The number of hydrogen-bond donors (Lipinski definition) is 2. The van der Waals surface area contributed by atoms with Crippen LogP contribution in [0.4, 0.5) is 0 Å². The molecule has 0 aromatic carbocycles. The Bertz CT molecular complexity index is 220. The first-order chi connectivity index (χ1) is 8.19. The molecule has 3 heteroatoms. The minimum Gasteiger partial charge on any atom is -0.393 e. The molecule has 17 heavy (non-hydrogen) atoms. The van der Waals surface area contributed by atoms with Gasteiger partial charge in [-0.15, -0.1) is 0 Å². The van der Waals surface area contributed by atoms with E-state index in [4.69, 9.17) is 0 Å². The van der Waals surface area contributed by atoms with Gasteiger partial charge >= 0.3 is 0 Å². The van der Waals surface area contributed by atoms with Crippen molar-refractivity contribution in [1.82, 2.24) is 10.2 Å². The molecule has 0 bridgehead atoms. The summed E-state index contributed by atoms with van der Waals surface area (Å²) in [6.07, 6.45) is 5.83. The Kier molecular flexibility index (Phi) is 4.83. The molecule has 0 amide bonds. The van der Waals surface area contributed by atoms with Crippen LogP contribution in [0.3, 0.4) is 0 Å². The minimum atomic E-state index is -0.0360. The summed E-state index contributed by atoms with van der Waals surface area (Å²) < 4.78 is 0. The molecule has 1 heterocycles. The van der Waals surface area contributed by atoms with E-state index in [2.05, 4.69) is 24.1 Å². The molecule has 1 aliphatic carbocycles. The normalized spacial score (nSPS) is 33.4. The molecule has 0 radical (unpaired) electrons. The van der Waals surface area contributed by atoms with E-state index in [1.54, 1.807) is 0 Å². The fourth-order valence-corrected chi connectivity index (χ4v) is 3.22. The van der Waals surface area contributed by atoms with Gasteiger partial charge in [0, 0.05) is 12.1 Å². The predicted molar refractivity (Wildman–Crippen MR) is 71.1 cm³/mol. The van der Waals surface area contributed by atoms with Crippen molar-refractivity contribution in [3.8, 4) is 0 Å². The van der Waals surface area contributed by atoms with Crippen molar-refractivity contribution in [1.29, 1.82) is 0 Å². The van der Waals surface area contributed by atoms with Crippen molar-refractivity contribution in [2.45, 2.75) is 64.1 Å². The number of hydrogen-bond acceptors (Lipinski definition) is 3. The van der Waals surface area contributed by atoms with Crippen LogP contribution in [0.25, 0.3) is 0 Å². The fourth-order valence-electron chi connectivity index (χ4n) is 3.22. The van der Waals surface area contributed by atoms with E-state index >= 15 is 0 Å². The van der Waals surface area contributed by atoms with Gasteiger partial charge in [0.05, 0.1) is 6.10 Å². The highest BCUT2D eigenvalue weighted by molar-refractivity contribution is 4.89. The zero-order chi connectivity index (χ0) is 12.3. The highest BCUT2D eigenvalue weighted by atomic mass is 16.3. The van der Waals surface area contributed by atoms with Crippen LogP contribution in [0, 0.1) is 5.92 Å². The van der Waals surface area contributed by atoms with Crippen LogP contribution in [0.15, 0.2) is 0 Å². The van der Waals surface area contributed by atoms with Gasteiger partial charge in [0.2, 0.25) is 0 Å². The maximum Gasteiger partial charge on any atom is 0.0570 e. The Morgan fingerprint density at radius 2 is 1.94 bits per heavy atom. The third kappa shape index (κ3) is 3.67. The Hall–Kier alpha value is -0.120. The maximum atomic E-state index is 9.29. The van der Waals surface area contributed by atoms with Crippen molar-refractivity contribution in [2.24, 2.45) is 5.92 Å². The van der Waals surface area contributed by atoms with Crippen molar-refractivity contribution in [3.63, 3.8) is 0 Å². The number of nitrogens with one attached hydrogen (secondary N) is 1. The van der Waals surface area contributed by atoms with Crippen molar-refractivity contribution >= 4 is 0 Å². The molecule has 1 aliphatic heterocycles. The molecule has 2 aliphatic rings. The first-order valence-corrected chi connectivity index (χ1v) is 7.35. The van der Waals surface area contributed by atoms with E-state index in [0.29, 0.717) is 12.1 Å². The minimum absolute atomic E-state index is 0.0360. The second-order valence-corrected chi connectivity index (χ2v) is 5.96. The number of rotatable bonds is 5. The molecule has 3 nitrogen and oxygen atoms in total. The summed E-state index contributed by atoms with van der Waals surface area (Å²) in [5.41, 5.74) is 0. The fraction of sp³-hybridized carbons (Fsp3) is 1.00. The topological polar surface area (TPSA) is 35.5 Å². The summed E-state index contributed by atoms with van der Waals surface area (Å²) in [5, 5.41) is 13.0. The van der Waals surface area contributed by atoms with Crippen LogP contribution in [0.2, 0.25) is 0 Å². The predicted octanol–water partition coefficient (Wildman–Crippen LogP) is 1.61. The van der Waals surface area contributed by atoms with Gasteiger partial charge in [0.1, 0.15) is 0 Å². The zero-order valence-corrected chi connectivity index (χ0v) is 11.4. The van der Waals surface area contributed by atoms with Gasteiger partial charge < -0.3 is 15.3 Å². The van der Waals surface area contributed by atoms with Gasteiger partial charge in [-0.3, -0.25) is 0 Å². The lowest BCUT2D eigenvalue weighted by Crippen LogP contribution is -2.51. The molecular weight excluding hydrogens is 212 g/mol. The Labute approximate surface area is 106 Å². The van der Waals surface area contributed by atoms with Gasteiger partial charge in [0.25, 0.3) is 0 Å². The van der Waals surface area contributed by atoms with Crippen LogP contribution >= 0.6 is 0 Å². The smallest absolute Gasteiger partial charge is 0.0570 e. The molecule has 2 rings (SSSR count). The van der Waals surface area contributed by atoms with Crippen molar-refractivity contribution in [2.75, 3.05) is 19.6 Å². The van der Waals surface area contributed by atoms with Crippen LogP contribution in [-0.4, -0.2) is 47.8 Å². The highest BCUT2D eigenvalue weighted by Gasteiger charge is 2.31. The molecule has 2 fully saturated rings. The molecule has 1 unspecified atom stereocenters. The number of piperidine rings is 1. The quantitative estimate of drug-likeness (QED) is 0.766. The first kappa shape index (κ1) is 13.3. The van der Waals surface area contributed by atoms with Gasteiger partial charge in [0.15, 0.2) is 0 Å². The van der Waals surface area contributed by atoms with E-state index in [0.717, 1.165) is 18.8 Å². The van der Waals surface area contributed by atoms with Crippen LogP contribution in [0.5, 0.6) is 0 Å². The van der Waals surface area contributed by atoms with Crippen LogP contribution < -0.4 is 5.32 Å². The van der Waals surface area contributed by atoms with E-state index in [1.807, 2.05) is 0 Å². The van der Waals surface area contributed by atoms with E-state index in [9.17, 15) is 5.11 Å². The monoisotopic (exact) mass is 240 g/mol. The standard InChI is InChI=1S/C14H28N2O/c1-3-6-16-7-4-12(5-8-16)11(2)15-13-9-14(17)10-13/h11-15,17H,3-10H2,1-2H3. The summed E-state index contributed by atoms with van der Waals surface area (Å²) in [6.45, 7) is 8.40. The van der Waals surface area contributed by atoms with Gasteiger partial charge in [-0.05, 0) is 64.6 Å². The Morgan fingerprint density at radius 3 is 2.47 bits per heavy atom. The zero-order valence-electron chi connectivity index (χ0n) is 11.4. The largest absolute Gasteiger partial charge is 0.393 e. The van der Waals surface area contributed by atoms with E-state index in [1.165, 1.54) is 38.9 Å². The molecule has 0 spiro atoms. The lowest BCUT2D eigenvalue weighted by atomic mass is 9.85. The summed E-state index contributed by atoms with van der Waals surface area (Å²) in [7, 11) is 0.